The first-order chi connectivity index (χ1) is 17.5. The molecule has 1 aromatic carbocycles. The van der Waals surface area contributed by atoms with Gasteiger partial charge in [0.15, 0.2) is 5.13 Å². The summed E-state index contributed by atoms with van der Waals surface area (Å²) in [6.45, 7) is 9.91. The number of benzene rings is 1. The number of carbonyl (C=O) groups is 3. The lowest BCUT2D eigenvalue weighted by Crippen LogP contribution is -2.50. The van der Waals surface area contributed by atoms with E-state index in [4.69, 9.17) is 9.94 Å². The molecule has 0 unspecified atom stereocenters. The third-order valence-corrected chi connectivity index (χ3v) is 7.64. The highest BCUT2D eigenvalue weighted by Gasteiger charge is 2.26. The van der Waals surface area contributed by atoms with Crippen LogP contribution in [-0.2, 0) is 4.74 Å². The number of aryl methyl sites for hydroxylation is 1. The topological polar surface area (TPSA) is 124 Å². The minimum Gasteiger partial charge on any atom is -0.444 e. The van der Waals surface area contributed by atoms with Crippen molar-refractivity contribution in [2.24, 2.45) is 0 Å². The van der Waals surface area contributed by atoms with E-state index < -0.39 is 11.5 Å². The number of amides is 3. The van der Waals surface area contributed by atoms with Gasteiger partial charge in [-0.25, -0.2) is 15.3 Å². The van der Waals surface area contributed by atoms with Crippen LogP contribution < -0.4 is 15.7 Å². The fraction of sp³-hybridized carbons (Fsp3) is 0.360. The second kappa shape index (κ2) is 10.9. The molecular weight excluding hydrogens is 514 g/mol. The number of thiazole rings is 1. The fourth-order valence-corrected chi connectivity index (χ4v) is 5.60. The molecule has 0 radical (unpaired) electrons. The highest BCUT2D eigenvalue weighted by molar-refractivity contribution is 7.18. The van der Waals surface area contributed by atoms with Crippen LogP contribution >= 0.6 is 22.7 Å². The van der Waals surface area contributed by atoms with Gasteiger partial charge in [0, 0.05) is 42.8 Å². The van der Waals surface area contributed by atoms with Crippen LogP contribution in [0.3, 0.4) is 0 Å². The van der Waals surface area contributed by atoms with E-state index in [9.17, 15) is 14.4 Å². The van der Waals surface area contributed by atoms with Gasteiger partial charge in [0.25, 0.3) is 11.8 Å². The van der Waals surface area contributed by atoms with Crippen molar-refractivity contribution in [3.8, 4) is 10.6 Å². The van der Waals surface area contributed by atoms with Crippen LogP contribution in [-0.4, -0.2) is 64.8 Å². The molecule has 1 aliphatic heterocycles. The van der Waals surface area contributed by atoms with E-state index >= 15 is 0 Å². The van der Waals surface area contributed by atoms with Gasteiger partial charge in [0.1, 0.15) is 5.60 Å². The molecule has 1 saturated heterocycles. The number of rotatable bonds is 5. The zero-order chi connectivity index (χ0) is 26.7. The standard InChI is InChI=1S/C25H29N5O5S2/c1-15-13-19(22(32)28-34)37-20(15)18-14-36-23(26-18)27-21(31)16-5-7-17(8-6-16)29-9-11-30(12-10-29)24(33)35-25(2,3)4/h5-8,13-14,34H,9-12H2,1-4H3,(H,28,32)(H,26,27,31). The molecule has 37 heavy (non-hydrogen) atoms. The molecule has 0 saturated carbocycles. The van der Waals surface area contributed by atoms with Crippen LogP contribution in [0, 0.1) is 6.92 Å². The van der Waals surface area contributed by atoms with E-state index in [1.807, 2.05) is 45.2 Å². The number of ether oxygens (including phenoxy) is 1. The summed E-state index contributed by atoms with van der Waals surface area (Å²) < 4.78 is 5.45. The van der Waals surface area contributed by atoms with Gasteiger partial charge in [0.05, 0.1) is 15.4 Å². The Labute approximate surface area is 222 Å². The Bertz CT molecular complexity index is 1290. The van der Waals surface area contributed by atoms with Gasteiger partial charge in [-0.05, 0) is 63.6 Å². The average Bonchev–Trinajstić information content (AvgIpc) is 3.49. The number of piperazine rings is 1. The van der Waals surface area contributed by atoms with Gasteiger partial charge >= 0.3 is 6.09 Å². The lowest BCUT2D eigenvalue weighted by atomic mass is 10.1. The second-order valence-corrected chi connectivity index (χ2v) is 11.5. The van der Waals surface area contributed by atoms with E-state index in [1.54, 1.807) is 28.6 Å². The number of hydroxylamine groups is 1. The summed E-state index contributed by atoms with van der Waals surface area (Å²) in [6.07, 6.45) is -0.296. The molecule has 3 aromatic rings. The largest absolute Gasteiger partial charge is 0.444 e. The zero-order valence-corrected chi connectivity index (χ0v) is 22.7. The number of nitrogens with zero attached hydrogens (tertiary/aromatic N) is 3. The quantitative estimate of drug-likeness (QED) is 0.317. The van der Waals surface area contributed by atoms with Crippen LogP contribution in [0.2, 0.25) is 0 Å². The normalized spacial score (nSPS) is 13.9. The first kappa shape index (κ1) is 26.6. The molecule has 4 rings (SSSR count). The Balaban J connectivity index is 1.34. The van der Waals surface area contributed by atoms with Crippen molar-refractivity contribution in [3.05, 3.63) is 51.7 Å². The van der Waals surface area contributed by atoms with Gasteiger partial charge < -0.3 is 14.5 Å². The second-order valence-electron chi connectivity index (χ2n) is 9.56. The highest BCUT2D eigenvalue weighted by atomic mass is 32.1. The van der Waals surface area contributed by atoms with E-state index in [0.29, 0.717) is 47.4 Å². The van der Waals surface area contributed by atoms with Gasteiger partial charge in [-0.1, -0.05) is 0 Å². The predicted molar refractivity (Wildman–Crippen MR) is 144 cm³/mol. The number of thiophene rings is 1. The number of anilines is 2. The van der Waals surface area contributed by atoms with Gasteiger partial charge in [-0.15, -0.1) is 22.7 Å². The summed E-state index contributed by atoms with van der Waals surface area (Å²) >= 11 is 2.51. The van der Waals surface area contributed by atoms with Gasteiger partial charge in [-0.2, -0.15) is 0 Å². The maximum atomic E-state index is 12.8. The Kier molecular flexibility index (Phi) is 7.81. The molecule has 1 aliphatic rings. The average molecular weight is 544 g/mol. The molecule has 0 spiro atoms. The molecular formula is C25H29N5O5S2. The number of hydrogen-bond donors (Lipinski definition) is 3. The number of carbonyl (C=O) groups excluding carboxylic acids is 3. The summed E-state index contributed by atoms with van der Waals surface area (Å²) in [4.78, 5) is 46.3. The van der Waals surface area contributed by atoms with Crippen LogP contribution in [0.4, 0.5) is 15.6 Å². The minimum absolute atomic E-state index is 0.273. The van der Waals surface area contributed by atoms with Crippen molar-refractivity contribution in [2.75, 3.05) is 36.4 Å². The lowest BCUT2D eigenvalue weighted by Gasteiger charge is -2.36. The van der Waals surface area contributed by atoms with Crippen LogP contribution in [0.15, 0.2) is 35.7 Å². The molecule has 3 amide bonds. The van der Waals surface area contributed by atoms with Crippen molar-refractivity contribution in [1.29, 1.82) is 0 Å². The van der Waals surface area contributed by atoms with E-state index in [-0.39, 0.29) is 12.0 Å². The van der Waals surface area contributed by atoms with Gasteiger partial charge in [-0.3, -0.25) is 20.1 Å². The number of nitrogens with one attached hydrogen (secondary N) is 2. The van der Waals surface area contributed by atoms with Crippen molar-refractivity contribution in [2.45, 2.75) is 33.3 Å². The first-order valence-electron chi connectivity index (χ1n) is 11.7. The Morgan fingerprint density at radius 1 is 1.05 bits per heavy atom. The molecule has 12 heteroatoms. The Morgan fingerprint density at radius 3 is 2.35 bits per heavy atom. The minimum atomic E-state index is -0.573. The molecule has 0 aliphatic carbocycles. The third-order valence-electron chi connectivity index (χ3n) is 5.63. The number of hydrogen-bond acceptors (Lipinski definition) is 9. The summed E-state index contributed by atoms with van der Waals surface area (Å²) in [5.74, 6) is -0.845. The fourth-order valence-electron chi connectivity index (χ4n) is 3.81. The van der Waals surface area contributed by atoms with Gasteiger partial charge in [0.2, 0.25) is 0 Å². The summed E-state index contributed by atoms with van der Waals surface area (Å²) in [6, 6.07) is 9.01. The van der Waals surface area contributed by atoms with Crippen molar-refractivity contribution in [1.82, 2.24) is 15.4 Å². The first-order valence-corrected chi connectivity index (χ1v) is 13.4. The molecule has 3 N–H and O–H groups in total. The maximum absolute atomic E-state index is 12.8. The number of aromatic nitrogens is 1. The van der Waals surface area contributed by atoms with Crippen molar-refractivity contribution in [3.63, 3.8) is 0 Å². The summed E-state index contributed by atoms with van der Waals surface area (Å²) in [5.41, 5.74) is 4.11. The molecule has 10 nitrogen and oxygen atoms in total. The summed E-state index contributed by atoms with van der Waals surface area (Å²) in [7, 11) is 0. The molecule has 1 fully saturated rings. The van der Waals surface area contributed by atoms with E-state index in [0.717, 1.165) is 16.1 Å². The highest BCUT2D eigenvalue weighted by Crippen LogP contribution is 2.34. The zero-order valence-electron chi connectivity index (χ0n) is 21.0. The van der Waals surface area contributed by atoms with Crippen molar-refractivity contribution < 1.29 is 24.3 Å². The van der Waals surface area contributed by atoms with Crippen LogP contribution in [0.1, 0.15) is 46.4 Å². The molecule has 196 valence electrons. The molecule has 3 heterocycles. The SMILES string of the molecule is Cc1cc(C(=O)NO)sc1-c1csc(NC(=O)c2ccc(N3CCN(C(=O)OC(C)(C)C)CC3)cc2)n1. The molecule has 0 bridgehead atoms. The van der Waals surface area contributed by atoms with E-state index in [2.05, 4.69) is 15.2 Å². The Morgan fingerprint density at radius 2 is 1.73 bits per heavy atom. The Hall–Kier alpha value is -3.48. The van der Waals surface area contributed by atoms with E-state index in [1.165, 1.54) is 22.7 Å². The lowest BCUT2D eigenvalue weighted by molar-refractivity contribution is 0.0240. The molecule has 0 atom stereocenters. The molecule has 2 aromatic heterocycles. The monoisotopic (exact) mass is 543 g/mol. The summed E-state index contributed by atoms with van der Waals surface area (Å²) in [5, 5.41) is 13.9. The third kappa shape index (κ3) is 6.45. The predicted octanol–water partition coefficient (Wildman–Crippen LogP) is 4.61. The van der Waals surface area contributed by atoms with Crippen LogP contribution in [0.25, 0.3) is 10.6 Å². The van der Waals surface area contributed by atoms with Crippen LogP contribution in [0.5, 0.6) is 0 Å². The van der Waals surface area contributed by atoms with Crippen molar-refractivity contribution >= 4 is 51.4 Å². The smallest absolute Gasteiger partial charge is 0.410 e. The maximum Gasteiger partial charge on any atom is 0.410 e.